The van der Waals surface area contributed by atoms with Crippen LogP contribution in [0.1, 0.15) is 72.1 Å². The molecule has 4 aliphatic rings. The van der Waals surface area contributed by atoms with E-state index in [0.717, 1.165) is 30.1 Å². The molecule has 1 N–H and O–H groups in total. The zero-order chi connectivity index (χ0) is 14.8. The van der Waals surface area contributed by atoms with E-state index >= 15 is 0 Å². The molecule has 3 saturated carbocycles. The Morgan fingerprint density at radius 1 is 0.952 bits per heavy atom. The van der Waals surface area contributed by atoms with Crippen molar-refractivity contribution in [1.29, 1.82) is 0 Å². The molecule has 0 saturated heterocycles. The average Bonchev–Trinajstić information content (AvgIpc) is 2.75. The zero-order valence-corrected chi connectivity index (χ0v) is 14.1. The molecular formula is C20H32O. The van der Waals surface area contributed by atoms with E-state index in [0.29, 0.717) is 5.41 Å². The SMILES string of the molecule is CC1=CCC[C@@]2(C)[C@H]1CC[C@@H]1[C@@H]2CC[C@]2(C)[C@@H](O)CC[C@@H]12. The van der Waals surface area contributed by atoms with E-state index in [1.165, 1.54) is 44.9 Å². The van der Waals surface area contributed by atoms with Gasteiger partial charge in [0.1, 0.15) is 0 Å². The highest BCUT2D eigenvalue weighted by atomic mass is 16.3. The van der Waals surface area contributed by atoms with Crippen molar-refractivity contribution in [3.05, 3.63) is 11.6 Å². The largest absolute Gasteiger partial charge is 0.393 e. The third kappa shape index (κ3) is 1.79. The Morgan fingerprint density at radius 3 is 2.52 bits per heavy atom. The smallest absolute Gasteiger partial charge is 0.0596 e. The molecule has 1 heteroatoms. The fourth-order valence-electron chi connectivity index (χ4n) is 7.29. The lowest BCUT2D eigenvalue weighted by Crippen LogP contribution is -2.53. The normalized spacial score (nSPS) is 56.2. The lowest BCUT2D eigenvalue weighted by molar-refractivity contribution is -0.106. The molecule has 0 aliphatic heterocycles. The Labute approximate surface area is 130 Å². The van der Waals surface area contributed by atoms with E-state index in [2.05, 4.69) is 26.8 Å². The van der Waals surface area contributed by atoms with Gasteiger partial charge in [0.05, 0.1) is 6.10 Å². The first kappa shape index (κ1) is 14.3. The van der Waals surface area contributed by atoms with Crippen LogP contribution in [0.15, 0.2) is 11.6 Å². The third-order valence-corrected chi connectivity index (χ3v) is 8.52. The minimum absolute atomic E-state index is 0.0260. The molecule has 21 heavy (non-hydrogen) atoms. The molecule has 1 nitrogen and oxygen atoms in total. The first-order valence-electron chi connectivity index (χ1n) is 9.31. The predicted octanol–water partition coefficient (Wildman–Crippen LogP) is 4.95. The Hall–Kier alpha value is -0.300. The van der Waals surface area contributed by atoms with Crippen molar-refractivity contribution in [2.45, 2.75) is 78.2 Å². The van der Waals surface area contributed by atoms with Gasteiger partial charge in [0.15, 0.2) is 0 Å². The monoisotopic (exact) mass is 288 g/mol. The minimum atomic E-state index is -0.0260. The van der Waals surface area contributed by atoms with Gasteiger partial charge in [0, 0.05) is 0 Å². The summed E-state index contributed by atoms with van der Waals surface area (Å²) in [4.78, 5) is 0. The first-order valence-corrected chi connectivity index (χ1v) is 9.31. The molecule has 0 aromatic carbocycles. The number of hydrogen-bond acceptors (Lipinski definition) is 1. The molecule has 0 aromatic rings. The lowest BCUT2D eigenvalue weighted by atomic mass is 9.45. The van der Waals surface area contributed by atoms with E-state index in [1.54, 1.807) is 5.57 Å². The second-order valence-corrected chi connectivity index (χ2v) is 9.14. The molecule has 7 atom stereocenters. The average molecular weight is 288 g/mol. The topological polar surface area (TPSA) is 20.2 Å². The second-order valence-electron chi connectivity index (χ2n) is 9.14. The van der Waals surface area contributed by atoms with E-state index in [4.69, 9.17) is 0 Å². The summed E-state index contributed by atoms with van der Waals surface area (Å²) in [5.74, 6) is 3.47. The van der Waals surface area contributed by atoms with Gasteiger partial charge in [-0.1, -0.05) is 25.5 Å². The molecule has 3 fully saturated rings. The number of aliphatic hydroxyl groups is 1. The molecule has 4 rings (SSSR count). The van der Waals surface area contributed by atoms with Crippen molar-refractivity contribution in [2.75, 3.05) is 0 Å². The van der Waals surface area contributed by atoms with Crippen LogP contribution >= 0.6 is 0 Å². The van der Waals surface area contributed by atoms with Crippen LogP contribution in [0.25, 0.3) is 0 Å². The van der Waals surface area contributed by atoms with Crippen LogP contribution in [-0.4, -0.2) is 11.2 Å². The lowest BCUT2D eigenvalue weighted by Gasteiger charge is -2.60. The van der Waals surface area contributed by atoms with Gasteiger partial charge in [-0.2, -0.15) is 0 Å². The maximum absolute atomic E-state index is 10.5. The Bertz CT molecular complexity index is 466. The van der Waals surface area contributed by atoms with Gasteiger partial charge in [-0.15, -0.1) is 0 Å². The van der Waals surface area contributed by atoms with E-state index in [1.807, 2.05) is 0 Å². The molecule has 0 unspecified atom stereocenters. The number of aliphatic hydroxyl groups excluding tert-OH is 1. The first-order chi connectivity index (χ1) is 9.97. The van der Waals surface area contributed by atoms with Crippen LogP contribution in [0.2, 0.25) is 0 Å². The fourth-order valence-corrected chi connectivity index (χ4v) is 7.29. The quantitative estimate of drug-likeness (QED) is 0.626. The van der Waals surface area contributed by atoms with E-state index < -0.39 is 0 Å². The van der Waals surface area contributed by atoms with Crippen molar-refractivity contribution >= 4 is 0 Å². The number of allylic oxidation sites excluding steroid dienone is 2. The molecule has 0 amide bonds. The Kier molecular flexibility index (Phi) is 3.13. The molecule has 0 radical (unpaired) electrons. The van der Waals surface area contributed by atoms with Crippen molar-refractivity contribution in [3.63, 3.8) is 0 Å². The Balaban J connectivity index is 1.67. The highest BCUT2D eigenvalue weighted by Gasteiger charge is 2.59. The zero-order valence-electron chi connectivity index (χ0n) is 14.1. The molecular weight excluding hydrogens is 256 g/mol. The highest BCUT2D eigenvalue weighted by Crippen LogP contribution is 2.66. The number of rotatable bonds is 0. The standard InChI is InChI=1S/C20H32O/c1-13-5-4-11-19(2)15(13)7-6-14-16-8-9-18(21)20(16,3)12-10-17(14)19/h5,14-18,21H,4,6-12H2,1-3H3/t14-,15-,16-,17-,18-,19-,20-/m0/s1. The van der Waals surface area contributed by atoms with Gasteiger partial charge in [-0.05, 0) is 92.8 Å². The highest BCUT2D eigenvalue weighted by molar-refractivity contribution is 5.18. The molecule has 0 aromatic heterocycles. The van der Waals surface area contributed by atoms with Crippen molar-refractivity contribution in [3.8, 4) is 0 Å². The van der Waals surface area contributed by atoms with Crippen LogP contribution in [-0.2, 0) is 0 Å². The van der Waals surface area contributed by atoms with Gasteiger partial charge in [0.25, 0.3) is 0 Å². The summed E-state index contributed by atoms with van der Waals surface area (Å²) >= 11 is 0. The summed E-state index contributed by atoms with van der Waals surface area (Å²) in [5.41, 5.74) is 2.47. The molecule has 0 heterocycles. The maximum atomic E-state index is 10.5. The van der Waals surface area contributed by atoms with Gasteiger partial charge in [0.2, 0.25) is 0 Å². The minimum Gasteiger partial charge on any atom is -0.393 e. The second kappa shape index (κ2) is 4.60. The summed E-state index contributed by atoms with van der Waals surface area (Å²) in [6, 6.07) is 0. The van der Waals surface area contributed by atoms with Crippen LogP contribution in [0.4, 0.5) is 0 Å². The molecule has 4 aliphatic carbocycles. The van der Waals surface area contributed by atoms with Crippen molar-refractivity contribution < 1.29 is 5.11 Å². The molecule has 118 valence electrons. The molecule has 0 spiro atoms. The maximum Gasteiger partial charge on any atom is 0.0596 e. The van der Waals surface area contributed by atoms with E-state index in [-0.39, 0.29) is 11.5 Å². The summed E-state index contributed by atoms with van der Waals surface area (Å²) < 4.78 is 0. The van der Waals surface area contributed by atoms with Crippen molar-refractivity contribution in [2.24, 2.45) is 34.5 Å². The van der Waals surface area contributed by atoms with Crippen LogP contribution in [0.5, 0.6) is 0 Å². The predicted molar refractivity (Wildman–Crippen MR) is 86.9 cm³/mol. The summed E-state index contributed by atoms with van der Waals surface area (Å²) in [6.45, 7) is 7.39. The number of fused-ring (bicyclic) bond motifs is 5. The summed E-state index contributed by atoms with van der Waals surface area (Å²) in [6.07, 6.45) is 13.0. The number of hydrogen-bond donors (Lipinski definition) is 1. The van der Waals surface area contributed by atoms with Gasteiger partial charge >= 0.3 is 0 Å². The fraction of sp³-hybridized carbons (Fsp3) is 0.900. The van der Waals surface area contributed by atoms with Crippen molar-refractivity contribution in [1.82, 2.24) is 0 Å². The van der Waals surface area contributed by atoms with Gasteiger partial charge < -0.3 is 5.11 Å². The molecule has 0 bridgehead atoms. The summed E-state index contributed by atoms with van der Waals surface area (Å²) in [5, 5.41) is 10.5. The van der Waals surface area contributed by atoms with Crippen LogP contribution < -0.4 is 0 Å². The Morgan fingerprint density at radius 2 is 1.71 bits per heavy atom. The third-order valence-electron chi connectivity index (χ3n) is 8.52. The van der Waals surface area contributed by atoms with Gasteiger partial charge in [-0.25, -0.2) is 0 Å². The van der Waals surface area contributed by atoms with Gasteiger partial charge in [-0.3, -0.25) is 0 Å². The summed E-state index contributed by atoms with van der Waals surface area (Å²) in [7, 11) is 0. The van der Waals surface area contributed by atoms with Crippen LogP contribution in [0.3, 0.4) is 0 Å². The van der Waals surface area contributed by atoms with E-state index in [9.17, 15) is 5.11 Å². The van der Waals surface area contributed by atoms with Crippen LogP contribution in [0, 0.1) is 34.5 Å².